The van der Waals surface area contributed by atoms with Crippen molar-refractivity contribution in [3.63, 3.8) is 0 Å². The van der Waals surface area contributed by atoms with Crippen LogP contribution in [0.15, 0.2) is 188 Å². The molecule has 1 spiro atoms. The molecule has 14 rings (SSSR count). The highest BCUT2D eigenvalue weighted by Crippen LogP contribution is 2.64. The van der Waals surface area contributed by atoms with Crippen LogP contribution in [0.25, 0.3) is 94.1 Å². The number of benzene rings is 9. The number of hydrogen-bond acceptors (Lipinski definition) is 2. The maximum absolute atomic E-state index is 5.90. The van der Waals surface area contributed by atoms with Gasteiger partial charge in [0.2, 0.25) is 5.95 Å². The molecule has 2 heterocycles. The lowest BCUT2D eigenvalue weighted by molar-refractivity contribution is 0.657. The second-order valence-electron chi connectivity index (χ2n) is 17.6. The van der Waals surface area contributed by atoms with E-state index in [2.05, 4.69) is 206 Å². The number of fused-ring (bicyclic) bond motifs is 19. The molecule has 0 amide bonds. The third kappa shape index (κ3) is 4.04. The van der Waals surface area contributed by atoms with E-state index in [-0.39, 0.29) is 5.41 Å². The summed E-state index contributed by atoms with van der Waals surface area (Å²) in [5.41, 5.74) is 18.6. The zero-order chi connectivity index (χ0) is 40.2. The van der Waals surface area contributed by atoms with Gasteiger partial charge in [0.05, 0.1) is 27.8 Å². The highest BCUT2D eigenvalue weighted by molar-refractivity contribution is 6.23. The van der Waals surface area contributed by atoms with Crippen LogP contribution >= 0.6 is 0 Å². The predicted molar refractivity (Wildman–Crippen MR) is 251 cm³/mol. The molecule has 0 bridgehead atoms. The average Bonchev–Trinajstić information content (AvgIpc) is 3.98. The zero-order valence-corrected chi connectivity index (χ0v) is 33.7. The highest BCUT2D eigenvalue weighted by atomic mass is 15.2. The normalized spacial score (nSPS) is 14.7. The van der Waals surface area contributed by atoms with Crippen molar-refractivity contribution in [1.82, 2.24) is 14.5 Å². The van der Waals surface area contributed by atoms with E-state index in [0.717, 1.165) is 28.0 Å². The lowest BCUT2D eigenvalue weighted by Gasteiger charge is -2.30. The first kappa shape index (κ1) is 33.2. The van der Waals surface area contributed by atoms with Gasteiger partial charge in [0, 0.05) is 32.9 Å². The quantitative estimate of drug-likeness (QED) is 0.175. The van der Waals surface area contributed by atoms with Gasteiger partial charge in [-0.2, -0.15) is 0 Å². The molecule has 3 heteroatoms. The van der Waals surface area contributed by atoms with Crippen molar-refractivity contribution < 1.29 is 0 Å². The van der Waals surface area contributed by atoms with Gasteiger partial charge in [0.25, 0.3) is 0 Å². The summed E-state index contributed by atoms with van der Waals surface area (Å²) in [5.74, 6) is 0.682. The first-order valence-electron chi connectivity index (χ1n) is 21.3. The van der Waals surface area contributed by atoms with Crippen LogP contribution < -0.4 is 0 Å². The minimum atomic E-state index is -0.457. The van der Waals surface area contributed by atoms with Gasteiger partial charge in [-0.15, -0.1) is 0 Å². The van der Waals surface area contributed by atoms with Crippen LogP contribution in [0.4, 0.5) is 0 Å². The summed E-state index contributed by atoms with van der Waals surface area (Å²) in [6.45, 7) is 4.70. The van der Waals surface area contributed by atoms with Gasteiger partial charge in [-0.05, 0) is 89.8 Å². The lowest BCUT2D eigenvalue weighted by Crippen LogP contribution is -2.25. The van der Waals surface area contributed by atoms with Gasteiger partial charge in [-0.1, -0.05) is 184 Å². The summed E-state index contributed by atoms with van der Waals surface area (Å²) < 4.78 is 2.34. The molecule has 0 atom stereocenters. The Morgan fingerprint density at radius 2 is 0.918 bits per heavy atom. The molecule has 0 unspecified atom stereocenters. The summed E-state index contributed by atoms with van der Waals surface area (Å²) in [6, 6.07) is 69.6. The third-order valence-corrected chi connectivity index (χ3v) is 14.4. The second kappa shape index (κ2) is 11.6. The Morgan fingerprint density at radius 1 is 0.393 bits per heavy atom. The van der Waals surface area contributed by atoms with Crippen molar-refractivity contribution in [3.8, 4) is 50.7 Å². The molecule has 3 aliphatic rings. The molecule has 3 nitrogen and oxygen atoms in total. The molecule has 2 aromatic heterocycles. The van der Waals surface area contributed by atoms with Gasteiger partial charge < -0.3 is 0 Å². The summed E-state index contributed by atoms with van der Waals surface area (Å²) in [5, 5.41) is 7.28. The summed E-state index contributed by atoms with van der Waals surface area (Å²) >= 11 is 0. The minimum Gasteiger partial charge on any atom is -0.278 e. The van der Waals surface area contributed by atoms with Gasteiger partial charge in [0.15, 0.2) is 0 Å². The van der Waals surface area contributed by atoms with Crippen molar-refractivity contribution in [1.29, 1.82) is 0 Å². The summed E-state index contributed by atoms with van der Waals surface area (Å²) in [7, 11) is 0. The number of hydrogen-bond donors (Lipinski definition) is 0. The van der Waals surface area contributed by atoms with Crippen LogP contribution in [0.3, 0.4) is 0 Å². The Bertz CT molecular complexity index is 3710. The smallest absolute Gasteiger partial charge is 0.235 e. The van der Waals surface area contributed by atoms with Crippen LogP contribution in [0.5, 0.6) is 0 Å². The van der Waals surface area contributed by atoms with E-state index in [1.165, 1.54) is 93.5 Å². The van der Waals surface area contributed by atoms with Gasteiger partial charge in [-0.3, -0.25) is 4.57 Å². The molecule has 284 valence electrons. The predicted octanol–water partition coefficient (Wildman–Crippen LogP) is 14.2. The molecule has 0 aliphatic heterocycles. The molecular formula is C58H37N3. The monoisotopic (exact) mass is 775 g/mol. The number of rotatable bonds is 2. The molecule has 0 saturated heterocycles. The first-order valence-corrected chi connectivity index (χ1v) is 21.3. The molecule has 0 N–H and O–H groups in total. The maximum Gasteiger partial charge on any atom is 0.235 e. The van der Waals surface area contributed by atoms with Crippen molar-refractivity contribution in [2.24, 2.45) is 0 Å². The van der Waals surface area contributed by atoms with E-state index in [1.54, 1.807) is 0 Å². The topological polar surface area (TPSA) is 30.7 Å². The molecule has 11 aromatic rings. The fourth-order valence-electron chi connectivity index (χ4n) is 11.9. The first-order chi connectivity index (χ1) is 30.0. The summed E-state index contributed by atoms with van der Waals surface area (Å²) in [6.07, 6.45) is 0. The number of aromatic nitrogens is 3. The molecule has 9 aromatic carbocycles. The number of nitrogens with zero attached hydrogens (tertiary/aromatic N) is 3. The Labute approximate surface area is 353 Å². The van der Waals surface area contributed by atoms with Crippen molar-refractivity contribution >= 4 is 43.4 Å². The van der Waals surface area contributed by atoms with Crippen LogP contribution in [-0.4, -0.2) is 14.5 Å². The Balaban J connectivity index is 1.14. The summed E-state index contributed by atoms with van der Waals surface area (Å²) in [4.78, 5) is 11.6. The minimum absolute atomic E-state index is 0.349. The Hall–Kier alpha value is -7.62. The molecule has 0 saturated carbocycles. The molecule has 61 heavy (non-hydrogen) atoms. The third-order valence-electron chi connectivity index (χ3n) is 14.4. The van der Waals surface area contributed by atoms with Crippen LogP contribution in [-0.2, 0) is 10.8 Å². The molecule has 0 fully saturated rings. The van der Waals surface area contributed by atoms with Crippen LogP contribution in [0.2, 0.25) is 0 Å². The fourth-order valence-corrected chi connectivity index (χ4v) is 11.9. The Morgan fingerprint density at radius 3 is 1.64 bits per heavy atom. The van der Waals surface area contributed by atoms with Crippen molar-refractivity contribution in [2.45, 2.75) is 24.7 Å². The van der Waals surface area contributed by atoms with Gasteiger partial charge in [-0.25, -0.2) is 9.97 Å². The standard InChI is InChI=1S/C58H37N3/c1-57(2)44-25-11-10-23-41(44)54-53(57)55(60-56(59-54)61-49-31-30-34-16-5-6-19-37(34)52(49)43-32-35-17-3-4-18-36(35)33-50(43)61)42-24-15-29-48-51(42)40-22-9-14-28-47(40)58(48)45-26-12-7-20-38(45)39-21-8-13-27-46(39)58/h3-33H,1-2H3. The molecule has 3 aliphatic carbocycles. The van der Waals surface area contributed by atoms with E-state index < -0.39 is 5.41 Å². The Kier molecular flexibility index (Phi) is 6.30. The van der Waals surface area contributed by atoms with Crippen molar-refractivity contribution in [2.75, 3.05) is 0 Å². The van der Waals surface area contributed by atoms with Crippen LogP contribution in [0, 0.1) is 0 Å². The van der Waals surface area contributed by atoms with Crippen molar-refractivity contribution in [3.05, 3.63) is 221 Å². The van der Waals surface area contributed by atoms with Gasteiger partial charge in [0.1, 0.15) is 0 Å². The van der Waals surface area contributed by atoms with E-state index >= 15 is 0 Å². The van der Waals surface area contributed by atoms with Gasteiger partial charge >= 0.3 is 0 Å². The molecular weight excluding hydrogens is 739 g/mol. The highest BCUT2D eigenvalue weighted by Gasteiger charge is 2.52. The van der Waals surface area contributed by atoms with E-state index in [0.29, 0.717) is 5.95 Å². The zero-order valence-electron chi connectivity index (χ0n) is 33.7. The average molecular weight is 776 g/mol. The second-order valence-corrected chi connectivity index (χ2v) is 17.6. The maximum atomic E-state index is 5.90. The fraction of sp³-hybridized carbons (Fsp3) is 0.0690. The lowest BCUT2D eigenvalue weighted by atomic mass is 9.70. The molecule has 0 radical (unpaired) electrons. The van der Waals surface area contributed by atoms with Crippen LogP contribution in [0.1, 0.15) is 47.2 Å². The van der Waals surface area contributed by atoms with E-state index in [9.17, 15) is 0 Å². The largest absolute Gasteiger partial charge is 0.278 e. The van der Waals surface area contributed by atoms with E-state index in [1.807, 2.05) is 0 Å². The van der Waals surface area contributed by atoms with E-state index in [4.69, 9.17) is 9.97 Å². The SMILES string of the molecule is CC1(C)c2ccccc2-c2nc(-n3c4cc5ccccc5cc4c4c5ccccc5ccc43)nc(-c3cccc4c3-c3ccccc3C43c4ccccc4-c4ccccc43)c21.